The van der Waals surface area contributed by atoms with Gasteiger partial charge in [0.05, 0.1) is 11.0 Å². The van der Waals surface area contributed by atoms with Gasteiger partial charge in [0.25, 0.3) is 5.91 Å². The fourth-order valence-corrected chi connectivity index (χ4v) is 3.98. The molecule has 0 aliphatic heterocycles. The van der Waals surface area contributed by atoms with Crippen LogP contribution in [-0.2, 0) is 0 Å². The van der Waals surface area contributed by atoms with Crippen LogP contribution in [0.25, 0.3) is 16.7 Å². The van der Waals surface area contributed by atoms with Crippen molar-refractivity contribution in [3.63, 3.8) is 0 Å². The van der Waals surface area contributed by atoms with E-state index >= 15 is 0 Å². The Bertz CT molecular complexity index is 1180. The minimum absolute atomic E-state index is 0.0281. The Balaban J connectivity index is 1.42. The van der Waals surface area contributed by atoms with E-state index in [0.29, 0.717) is 17.0 Å². The smallest absolute Gasteiger partial charge is 0.251 e. The average molecular weight is 386 g/mol. The molecule has 2 aromatic heterocycles. The maximum Gasteiger partial charge on any atom is 0.251 e. The molecule has 7 heteroatoms. The molecular weight excluding hydrogens is 364 g/mol. The first-order valence-corrected chi connectivity index (χ1v) is 10.0. The van der Waals surface area contributed by atoms with E-state index in [-0.39, 0.29) is 11.9 Å². The molecule has 5 rings (SSSR count). The highest BCUT2D eigenvalue weighted by Crippen LogP contribution is 2.24. The van der Waals surface area contributed by atoms with Crippen LogP contribution >= 0.6 is 0 Å². The Kier molecular flexibility index (Phi) is 4.56. The zero-order valence-electron chi connectivity index (χ0n) is 16.0. The Morgan fingerprint density at radius 1 is 1.03 bits per heavy atom. The molecule has 1 aliphatic carbocycles. The molecule has 29 heavy (non-hydrogen) atoms. The van der Waals surface area contributed by atoms with Gasteiger partial charge in [-0.05, 0) is 43.2 Å². The lowest BCUT2D eigenvalue weighted by atomic mass is 9.95. The first-order chi connectivity index (χ1) is 14.3. The molecule has 0 bridgehead atoms. The number of benzene rings is 2. The Hall–Kier alpha value is -3.48. The molecule has 0 saturated heterocycles. The Morgan fingerprint density at radius 3 is 2.79 bits per heavy atom. The van der Waals surface area contributed by atoms with Gasteiger partial charge >= 0.3 is 0 Å². The van der Waals surface area contributed by atoms with Crippen LogP contribution < -0.4 is 10.6 Å². The number of para-hydroxylation sites is 2. The molecule has 1 aliphatic rings. The SMILES string of the molecule is O=C(NC1CCCCC1)c1cccc(Nc2nc3ccccc3n3cnnc23)c1. The maximum atomic E-state index is 12.7. The first kappa shape index (κ1) is 17.6. The molecule has 146 valence electrons. The van der Waals surface area contributed by atoms with E-state index in [1.807, 2.05) is 52.9 Å². The number of nitrogens with zero attached hydrogens (tertiary/aromatic N) is 4. The second-order valence-electron chi connectivity index (χ2n) is 7.49. The molecule has 0 atom stereocenters. The molecule has 1 saturated carbocycles. The largest absolute Gasteiger partial charge is 0.349 e. The van der Waals surface area contributed by atoms with Crippen molar-refractivity contribution in [2.24, 2.45) is 0 Å². The average Bonchev–Trinajstić information content (AvgIpc) is 3.25. The van der Waals surface area contributed by atoms with Gasteiger partial charge in [-0.3, -0.25) is 9.20 Å². The van der Waals surface area contributed by atoms with E-state index in [1.54, 1.807) is 6.33 Å². The molecule has 2 N–H and O–H groups in total. The lowest BCUT2D eigenvalue weighted by Gasteiger charge is -2.22. The first-order valence-electron chi connectivity index (χ1n) is 10.0. The standard InChI is InChI=1S/C22H22N6O/c29-22(25-16-8-2-1-3-9-16)15-7-6-10-17(13-15)24-20-21-27-23-14-28(21)19-12-5-4-11-18(19)26-20/h4-7,10-14,16H,1-3,8-9H2,(H,24,26)(H,25,29). The summed E-state index contributed by atoms with van der Waals surface area (Å²) in [6, 6.07) is 15.6. The molecule has 1 amide bonds. The van der Waals surface area contributed by atoms with Crippen molar-refractivity contribution in [1.29, 1.82) is 0 Å². The second-order valence-corrected chi connectivity index (χ2v) is 7.49. The van der Waals surface area contributed by atoms with E-state index in [1.165, 1.54) is 19.3 Å². The number of hydrogen-bond acceptors (Lipinski definition) is 5. The topological polar surface area (TPSA) is 84.2 Å². The summed E-state index contributed by atoms with van der Waals surface area (Å²) in [5.74, 6) is 0.575. The Morgan fingerprint density at radius 2 is 1.90 bits per heavy atom. The van der Waals surface area contributed by atoms with Gasteiger partial charge in [0.1, 0.15) is 6.33 Å². The maximum absolute atomic E-state index is 12.7. The number of amides is 1. The second kappa shape index (κ2) is 7.50. The number of nitrogens with one attached hydrogen (secondary N) is 2. The van der Waals surface area contributed by atoms with Crippen molar-refractivity contribution >= 4 is 34.1 Å². The number of hydrogen-bond donors (Lipinski definition) is 2. The highest BCUT2D eigenvalue weighted by Gasteiger charge is 2.17. The number of fused-ring (bicyclic) bond motifs is 3. The van der Waals surface area contributed by atoms with Gasteiger partial charge in [-0.25, -0.2) is 4.98 Å². The molecule has 2 heterocycles. The van der Waals surface area contributed by atoms with Crippen LogP contribution in [-0.4, -0.2) is 31.5 Å². The summed E-state index contributed by atoms with van der Waals surface area (Å²) < 4.78 is 1.91. The summed E-state index contributed by atoms with van der Waals surface area (Å²) in [5, 5.41) is 14.7. The molecule has 0 radical (unpaired) electrons. The van der Waals surface area contributed by atoms with Crippen molar-refractivity contribution < 1.29 is 4.79 Å². The normalized spacial score (nSPS) is 14.9. The molecule has 7 nitrogen and oxygen atoms in total. The lowest BCUT2D eigenvalue weighted by molar-refractivity contribution is 0.0928. The fourth-order valence-electron chi connectivity index (χ4n) is 3.98. The van der Waals surface area contributed by atoms with Crippen LogP contribution in [0.3, 0.4) is 0 Å². The number of rotatable bonds is 4. The predicted octanol–water partition coefficient (Wildman–Crippen LogP) is 4.08. The number of aromatic nitrogens is 4. The lowest BCUT2D eigenvalue weighted by Crippen LogP contribution is -2.36. The zero-order valence-corrected chi connectivity index (χ0v) is 16.0. The van der Waals surface area contributed by atoms with Crippen molar-refractivity contribution in [2.45, 2.75) is 38.1 Å². The van der Waals surface area contributed by atoms with Crippen molar-refractivity contribution in [2.75, 3.05) is 5.32 Å². The van der Waals surface area contributed by atoms with Crippen molar-refractivity contribution in [1.82, 2.24) is 24.9 Å². The third kappa shape index (κ3) is 3.51. The van der Waals surface area contributed by atoms with E-state index in [4.69, 9.17) is 4.98 Å². The van der Waals surface area contributed by atoms with Crippen LogP contribution in [0.5, 0.6) is 0 Å². The van der Waals surface area contributed by atoms with Crippen LogP contribution in [0.2, 0.25) is 0 Å². The summed E-state index contributed by atoms with van der Waals surface area (Å²) in [5.41, 5.74) is 3.85. The quantitative estimate of drug-likeness (QED) is 0.552. The fraction of sp³-hybridized carbons (Fsp3) is 0.273. The van der Waals surface area contributed by atoms with Crippen LogP contribution in [0.1, 0.15) is 42.5 Å². The van der Waals surface area contributed by atoms with Gasteiger partial charge in [0.2, 0.25) is 5.65 Å². The summed E-state index contributed by atoms with van der Waals surface area (Å²) >= 11 is 0. The van der Waals surface area contributed by atoms with Gasteiger partial charge < -0.3 is 10.6 Å². The van der Waals surface area contributed by atoms with E-state index in [0.717, 1.165) is 29.6 Å². The molecule has 0 unspecified atom stereocenters. The number of carbonyl (C=O) groups excluding carboxylic acids is 1. The molecule has 4 aromatic rings. The van der Waals surface area contributed by atoms with Crippen LogP contribution in [0, 0.1) is 0 Å². The summed E-state index contributed by atoms with van der Waals surface area (Å²) in [4.78, 5) is 17.4. The van der Waals surface area contributed by atoms with Gasteiger partial charge in [-0.1, -0.05) is 37.5 Å². The third-order valence-electron chi connectivity index (χ3n) is 5.46. The van der Waals surface area contributed by atoms with Gasteiger partial charge in [0.15, 0.2) is 5.82 Å². The van der Waals surface area contributed by atoms with E-state index in [2.05, 4.69) is 20.8 Å². The molecule has 2 aromatic carbocycles. The summed E-state index contributed by atoms with van der Waals surface area (Å²) in [7, 11) is 0. The predicted molar refractivity (Wildman–Crippen MR) is 112 cm³/mol. The molecule has 0 spiro atoms. The van der Waals surface area contributed by atoms with E-state index in [9.17, 15) is 4.79 Å². The number of anilines is 2. The van der Waals surface area contributed by atoms with Crippen LogP contribution in [0.4, 0.5) is 11.5 Å². The van der Waals surface area contributed by atoms with Gasteiger partial charge in [0, 0.05) is 17.3 Å². The summed E-state index contributed by atoms with van der Waals surface area (Å²) in [6.07, 6.45) is 7.45. The van der Waals surface area contributed by atoms with Gasteiger partial charge in [-0.15, -0.1) is 10.2 Å². The molecular formula is C22H22N6O. The van der Waals surface area contributed by atoms with E-state index < -0.39 is 0 Å². The molecule has 1 fully saturated rings. The third-order valence-corrected chi connectivity index (χ3v) is 5.46. The minimum Gasteiger partial charge on any atom is -0.349 e. The van der Waals surface area contributed by atoms with Crippen molar-refractivity contribution in [3.8, 4) is 0 Å². The van der Waals surface area contributed by atoms with Gasteiger partial charge in [-0.2, -0.15) is 0 Å². The number of carbonyl (C=O) groups is 1. The summed E-state index contributed by atoms with van der Waals surface area (Å²) in [6.45, 7) is 0. The van der Waals surface area contributed by atoms with Crippen molar-refractivity contribution in [3.05, 3.63) is 60.4 Å². The minimum atomic E-state index is -0.0281. The highest BCUT2D eigenvalue weighted by molar-refractivity contribution is 5.95. The Labute approximate surface area is 168 Å². The zero-order chi connectivity index (χ0) is 19.6. The highest BCUT2D eigenvalue weighted by atomic mass is 16.1. The van der Waals surface area contributed by atoms with Crippen LogP contribution in [0.15, 0.2) is 54.9 Å². The monoisotopic (exact) mass is 386 g/mol.